The highest BCUT2D eigenvalue weighted by atomic mass is 16.4. The molecular formula is C10H17NO2. The lowest BCUT2D eigenvalue weighted by Gasteiger charge is -2.62. The van der Waals surface area contributed by atoms with E-state index in [1.165, 1.54) is 0 Å². The molecule has 0 aromatic rings. The molecule has 0 saturated heterocycles. The molecule has 3 fully saturated rings. The van der Waals surface area contributed by atoms with Crippen LogP contribution in [0.5, 0.6) is 0 Å². The number of hydrogen-bond acceptors (Lipinski definition) is 3. The van der Waals surface area contributed by atoms with Crippen LogP contribution >= 0.6 is 0 Å². The zero-order valence-electron chi connectivity index (χ0n) is 8.41. The van der Waals surface area contributed by atoms with Crippen molar-refractivity contribution in [2.75, 3.05) is 0 Å². The van der Waals surface area contributed by atoms with Crippen molar-refractivity contribution < 1.29 is 10.3 Å². The predicted octanol–water partition coefficient (Wildman–Crippen LogP) is 1.63. The van der Waals surface area contributed by atoms with E-state index in [0.717, 1.165) is 12.8 Å². The van der Waals surface area contributed by atoms with Crippen LogP contribution in [0.25, 0.3) is 0 Å². The Bertz CT molecular complexity index is 268. The summed E-state index contributed by atoms with van der Waals surface area (Å²) in [6.45, 7) is 6.15. The Morgan fingerprint density at radius 1 is 1.38 bits per heavy atom. The van der Waals surface area contributed by atoms with Gasteiger partial charge in [-0.25, -0.2) is 0 Å². The standard InChI is InChI=1S/C10H17NO2/c1-9(2)6-4-7(9)10(3,12)8(5-6)11-13/h6-7,12-13H,4-5H2,1-3H3/t6-,7+,10-/m1/s1. The van der Waals surface area contributed by atoms with Crippen LogP contribution in [-0.4, -0.2) is 21.6 Å². The Labute approximate surface area is 78.4 Å². The van der Waals surface area contributed by atoms with Gasteiger partial charge in [-0.1, -0.05) is 19.0 Å². The van der Waals surface area contributed by atoms with Crippen LogP contribution in [0.15, 0.2) is 5.16 Å². The van der Waals surface area contributed by atoms with Gasteiger partial charge in [0.2, 0.25) is 0 Å². The first-order valence-corrected chi connectivity index (χ1v) is 4.84. The van der Waals surface area contributed by atoms with Gasteiger partial charge in [0, 0.05) is 0 Å². The van der Waals surface area contributed by atoms with Crippen molar-refractivity contribution in [3.05, 3.63) is 0 Å². The van der Waals surface area contributed by atoms with Crippen LogP contribution in [0.2, 0.25) is 0 Å². The fraction of sp³-hybridized carbons (Fsp3) is 0.900. The van der Waals surface area contributed by atoms with Crippen molar-refractivity contribution in [2.24, 2.45) is 22.4 Å². The van der Waals surface area contributed by atoms with Crippen LogP contribution in [0.1, 0.15) is 33.6 Å². The smallest absolute Gasteiger partial charge is 0.106 e. The maximum atomic E-state index is 10.2. The summed E-state index contributed by atoms with van der Waals surface area (Å²) in [6, 6.07) is 0. The van der Waals surface area contributed by atoms with Gasteiger partial charge >= 0.3 is 0 Å². The van der Waals surface area contributed by atoms with Crippen molar-refractivity contribution in [3.8, 4) is 0 Å². The second-order valence-electron chi connectivity index (χ2n) is 5.20. The summed E-state index contributed by atoms with van der Waals surface area (Å²) in [5.41, 5.74) is -0.127. The van der Waals surface area contributed by atoms with E-state index in [-0.39, 0.29) is 11.3 Å². The van der Waals surface area contributed by atoms with E-state index < -0.39 is 5.60 Å². The van der Waals surface area contributed by atoms with E-state index >= 15 is 0 Å². The first-order chi connectivity index (χ1) is 5.90. The Hall–Kier alpha value is -0.570. The van der Waals surface area contributed by atoms with Crippen molar-refractivity contribution in [3.63, 3.8) is 0 Å². The number of hydrogen-bond donors (Lipinski definition) is 2. The van der Waals surface area contributed by atoms with E-state index in [4.69, 9.17) is 5.21 Å². The van der Waals surface area contributed by atoms with Gasteiger partial charge in [-0.2, -0.15) is 0 Å². The summed E-state index contributed by atoms with van der Waals surface area (Å²) in [5, 5.41) is 22.2. The molecule has 0 aliphatic heterocycles. The van der Waals surface area contributed by atoms with E-state index in [0.29, 0.717) is 11.6 Å². The lowest BCUT2D eigenvalue weighted by molar-refractivity contribution is -0.135. The molecule has 2 N–H and O–H groups in total. The van der Waals surface area contributed by atoms with Gasteiger partial charge < -0.3 is 10.3 Å². The molecule has 0 heterocycles. The summed E-state index contributed by atoms with van der Waals surface area (Å²) in [4.78, 5) is 0. The number of fused-ring (bicyclic) bond motifs is 2. The summed E-state index contributed by atoms with van der Waals surface area (Å²) in [5.74, 6) is 0.841. The third-order valence-electron chi connectivity index (χ3n) is 4.29. The molecule has 0 aromatic heterocycles. The molecular weight excluding hydrogens is 166 g/mol. The number of aliphatic hydroxyl groups is 1. The molecule has 2 bridgehead atoms. The monoisotopic (exact) mass is 183 g/mol. The zero-order chi connectivity index (χ0) is 9.85. The van der Waals surface area contributed by atoms with Crippen LogP contribution < -0.4 is 0 Å². The van der Waals surface area contributed by atoms with Gasteiger partial charge in [0.05, 0.1) is 5.71 Å². The molecule has 74 valence electrons. The third kappa shape index (κ3) is 0.909. The first kappa shape index (κ1) is 9.00. The molecule has 13 heavy (non-hydrogen) atoms. The summed E-state index contributed by atoms with van der Waals surface area (Å²) in [6.07, 6.45) is 1.81. The van der Waals surface area contributed by atoms with Crippen LogP contribution in [0.3, 0.4) is 0 Å². The molecule has 0 spiro atoms. The Morgan fingerprint density at radius 3 is 2.38 bits per heavy atom. The highest BCUT2D eigenvalue weighted by Crippen LogP contribution is 2.61. The molecule has 0 amide bonds. The summed E-state index contributed by atoms with van der Waals surface area (Å²) >= 11 is 0. The molecule has 0 aromatic carbocycles. The fourth-order valence-electron chi connectivity index (χ4n) is 3.10. The Balaban J connectivity index is 2.34. The maximum Gasteiger partial charge on any atom is 0.106 e. The van der Waals surface area contributed by atoms with Crippen LogP contribution in [-0.2, 0) is 0 Å². The molecule has 3 saturated carbocycles. The first-order valence-electron chi connectivity index (χ1n) is 4.84. The Morgan fingerprint density at radius 2 is 2.00 bits per heavy atom. The molecule has 3 aliphatic carbocycles. The topological polar surface area (TPSA) is 52.8 Å². The zero-order valence-corrected chi connectivity index (χ0v) is 8.41. The predicted molar refractivity (Wildman–Crippen MR) is 49.8 cm³/mol. The minimum atomic E-state index is -0.896. The van der Waals surface area contributed by atoms with Gasteiger partial charge in [-0.15, -0.1) is 0 Å². The number of oxime groups is 1. The van der Waals surface area contributed by atoms with Gasteiger partial charge in [0.1, 0.15) is 5.60 Å². The maximum absolute atomic E-state index is 10.2. The SMILES string of the molecule is CC1(C)[C@H]2CC(=NO)[C@](C)(O)[C@H]1C2. The minimum Gasteiger partial charge on any atom is -0.411 e. The normalized spacial score (nSPS) is 50.3. The second kappa shape index (κ2) is 2.27. The minimum absolute atomic E-state index is 0.206. The van der Waals surface area contributed by atoms with Gasteiger partial charge in [0.15, 0.2) is 0 Å². The molecule has 3 atom stereocenters. The molecule has 3 aliphatic rings. The van der Waals surface area contributed by atoms with E-state index in [9.17, 15) is 5.11 Å². The van der Waals surface area contributed by atoms with Crippen molar-refractivity contribution >= 4 is 5.71 Å². The average Bonchev–Trinajstić information content (AvgIpc) is 2.01. The molecule has 3 heteroatoms. The lowest BCUT2D eigenvalue weighted by atomic mass is 9.44. The highest BCUT2D eigenvalue weighted by molar-refractivity contribution is 5.94. The third-order valence-corrected chi connectivity index (χ3v) is 4.29. The molecule has 3 rings (SSSR count). The van der Waals surface area contributed by atoms with Crippen LogP contribution in [0.4, 0.5) is 0 Å². The summed E-state index contributed by atoms with van der Waals surface area (Å²) in [7, 11) is 0. The van der Waals surface area contributed by atoms with E-state index in [2.05, 4.69) is 19.0 Å². The lowest BCUT2D eigenvalue weighted by Crippen LogP contribution is -2.64. The fourth-order valence-corrected chi connectivity index (χ4v) is 3.10. The van der Waals surface area contributed by atoms with E-state index in [1.54, 1.807) is 6.92 Å². The number of nitrogens with zero attached hydrogens (tertiary/aromatic N) is 1. The highest BCUT2D eigenvalue weighted by Gasteiger charge is 2.61. The second-order valence-corrected chi connectivity index (χ2v) is 5.20. The largest absolute Gasteiger partial charge is 0.411 e. The van der Waals surface area contributed by atoms with Crippen molar-refractivity contribution in [1.29, 1.82) is 0 Å². The van der Waals surface area contributed by atoms with Gasteiger partial charge in [-0.05, 0) is 37.0 Å². The van der Waals surface area contributed by atoms with Crippen molar-refractivity contribution in [1.82, 2.24) is 0 Å². The van der Waals surface area contributed by atoms with Gasteiger partial charge in [0.25, 0.3) is 0 Å². The molecule has 3 nitrogen and oxygen atoms in total. The van der Waals surface area contributed by atoms with Gasteiger partial charge in [-0.3, -0.25) is 0 Å². The molecule has 0 radical (unpaired) electrons. The number of rotatable bonds is 0. The Kier molecular flexibility index (Phi) is 1.57. The molecule has 0 unspecified atom stereocenters. The summed E-state index contributed by atoms with van der Waals surface area (Å²) < 4.78 is 0. The van der Waals surface area contributed by atoms with E-state index in [1.807, 2.05) is 0 Å². The van der Waals surface area contributed by atoms with Crippen LogP contribution in [0, 0.1) is 17.3 Å². The van der Waals surface area contributed by atoms with Crippen molar-refractivity contribution in [2.45, 2.75) is 39.2 Å². The quantitative estimate of drug-likeness (QED) is 0.443. The average molecular weight is 183 g/mol.